The lowest BCUT2D eigenvalue weighted by molar-refractivity contribution is -0.155. The number of anilines is 1. The number of nitrogens with zero attached hydrogens (tertiary/aromatic N) is 1. The summed E-state index contributed by atoms with van der Waals surface area (Å²) in [6.45, 7) is 1.76. The van der Waals surface area contributed by atoms with E-state index in [1.807, 2.05) is 0 Å². The van der Waals surface area contributed by atoms with Gasteiger partial charge < -0.3 is 24.8 Å². The Balaban J connectivity index is 1.31. The second-order valence-electron chi connectivity index (χ2n) is 7.59. The normalized spacial score (nSPS) is 20.1. The highest BCUT2D eigenvalue weighted by Gasteiger charge is 2.52. The van der Waals surface area contributed by atoms with Crippen LogP contribution in [0.2, 0.25) is 0 Å². The summed E-state index contributed by atoms with van der Waals surface area (Å²) in [4.78, 5) is 50.2. The van der Waals surface area contributed by atoms with Gasteiger partial charge in [-0.2, -0.15) is 0 Å². The fraction of sp³-hybridized carbons (Fsp3) is 0.500. The Kier molecular flexibility index (Phi) is 5.23. The summed E-state index contributed by atoms with van der Waals surface area (Å²) >= 11 is 0. The molecule has 0 radical (unpaired) electrons. The van der Waals surface area contributed by atoms with E-state index in [1.54, 1.807) is 18.2 Å². The smallest absolute Gasteiger partial charge is 0.327 e. The van der Waals surface area contributed by atoms with Crippen LogP contribution in [0.15, 0.2) is 18.2 Å². The summed E-state index contributed by atoms with van der Waals surface area (Å²) in [5.41, 5.74) is -0.428. The number of amides is 4. The molecule has 160 valence electrons. The fourth-order valence-electron chi connectivity index (χ4n) is 3.92. The lowest BCUT2D eigenvalue weighted by Gasteiger charge is -2.20. The first kappa shape index (κ1) is 20.0. The molecule has 0 aromatic heterocycles. The van der Waals surface area contributed by atoms with Crippen molar-refractivity contribution < 1.29 is 33.4 Å². The molecular formula is C20H23N3O7. The zero-order valence-corrected chi connectivity index (χ0v) is 16.6. The van der Waals surface area contributed by atoms with Crippen molar-refractivity contribution in [2.45, 2.75) is 44.2 Å². The lowest BCUT2D eigenvalue weighted by atomic mass is 9.98. The Labute approximate surface area is 172 Å². The van der Waals surface area contributed by atoms with E-state index in [-0.39, 0.29) is 0 Å². The number of benzene rings is 1. The van der Waals surface area contributed by atoms with Crippen LogP contribution in [0.3, 0.4) is 0 Å². The number of carbonyl (C=O) groups excluding carboxylic acids is 4. The maximum Gasteiger partial charge on any atom is 0.327 e. The third-order valence-corrected chi connectivity index (χ3v) is 5.48. The van der Waals surface area contributed by atoms with E-state index in [4.69, 9.17) is 14.2 Å². The molecule has 1 spiro atoms. The Hall–Kier alpha value is -3.30. The summed E-state index contributed by atoms with van der Waals surface area (Å²) in [5.74, 6) is -0.686. The van der Waals surface area contributed by atoms with E-state index >= 15 is 0 Å². The third-order valence-electron chi connectivity index (χ3n) is 5.48. The second kappa shape index (κ2) is 7.85. The molecule has 2 heterocycles. The van der Waals surface area contributed by atoms with Crippen molar-refractivity contribution in [3.05, 3.63) is 18.2 Å². The van der Waals surface area contributed by atoms with E-state index in [1.165, 1.54) is 6.92 Å². The molecule has 1 aromatic rings. The van der Waals surface area contributed by atoms with Crippen molar-refractivity contribution in [3.63, 3.8) is 0 Å². The maximum atomic E-state index is 12.6. The molecule has 4 rings (SSSR count). The Morgan fingerprint density at radius 1 is 1.20 bits per heavy atom. The molecule has 0 bridgehead atoms. The summed E-state index contributed by atoms with van der Waals surface area (Å²) in [5, 5.41) is 5.33. The summed E-state index contributed by atoms with van der Waals surface area (Å²) in [6.07, 6.45) is 1.71. The molecular weight excluding hydrogens is 394 g/mol. The van der Waals surface area contributed by atoms with Gasteiger partial charge in [0.1, 0.15) is 25.3 Å². The van der Waals surface area contributed by atoms with Gasteiger partial charge in [-0.1, -0.05) is 12.8 Å². The Morgan fingerprint density at radius 3 is 2.63 bits per heavy atom. The van der Waals surface area contributed by atoms with Crippen LogP contribution < -0.4 is 20.1 Å². The Bertz CT molecular complexity index is 894. The van der Waals surface area contributed by atoms with Gasteiger partial charge in [0.2, 0.25) is 0 Å². The van der Waals surface area contributed by atoms with E-state index in [0.717, 1.165) is 17.7 Å². The van der Waals surface area contributed by atoms with Gasteiger partial charge in [0, 0.05) is 11.8 Å². The maximum absolute atomic E-state index is 12.6. The van der Waals surface area contributed by atoms with Crippen molar-refractivity contribution >= 4 is 29.5 Å². The van der Waals surface area contributed by atoms with Gasteiger partial charge in [0.05, 0.1) is 0 Å². The van der Waals surface area contributed by atoms with Gasteiger partial charge >= 0.3 is 12.0 Å². The number of ether oxygens (including phenoxy) is 3. The van der Waals surface area contributed by atoms with E-state index in [0.29, 0.717) is 43.2 Å². The minimum absolute atomic E-state index is 0.407. The highest BCUT2D eigenvalue weighted by Crippen LogP contribution is 2.35. The third kappa shape index (κ3) is 3.77. The number of esters is 1. The second-order valence-corrected chi connectivity index (χ2v) is 7.59. The van der Waals surface area contributed by atoms with Crippen molar-refractivity contribution in [1.29, 1.82) is 0 Å². The van der Waals surface area contributed by atoms with Gasteiger partial charge in [0.25, 0.3) is 11.8 Å². The fourth-order valence-corrected chi connectivity index (χ4v) is 3.92. The number of carbonyl (C=O) groups is 4. The topological polar surface area (TPSA) is 123 Å². The zero-order chi connectivity index (χ0) is 21.3. The van der Waals surface area contributed by atoms with Gasteiger partial charge in [-0.3, -0.25) is 19.3 Å². The van der Waals surface area contributed by atoms with Gasteiger partial charge in [-0.25, -0.2) is 4.79 Å². The van der Waals surface area contributed by atoms with Crippen molar-refractivity contribution in [2.24, 2.45) is 0 Å². The summed E-state index contributed by atoms with van der Waals surface area (Å²) in [7, 11) is 0. The highest BCUT2D eigenvalue weighted by atomic mass is 16.6. The first-order chi connectivity index (χ1) is 14.4. The monoisotopic (exact) mass is 417 g/mol. The average Bonchev–Trinajstić information content (AvgIpc) is 3.28. The van der Waals surface area contributed by atoms with Gasteiger partial charge in [-0.05, 0) is 31.9 Å². The molecule has 1 saturated heterocycles. The quantitative estimate of drug-likeness (QED) is 0.545. The molecule has 10 nitrogen and oxygen atoms in total. The molecule has 3 aliphatic rings. The van der Waals surface area contributed by atoms with E-state index in [2.05, 4.69) is 10.6 Å². The SMILES string of the molecule is C[C@H](OC(=O)CN1C(=O)NC2(CCCC2)C1=O)C(=O)Nc1ccc2c(c1)OCCO2. The first-order valence-electron chi connectivity index (χ1n) is 9.92. The van der Waals surface area contributed by atoms with Gasteiger partial charge in [0.15, 0.2) is 17.6 Å². The number of rotatable bonds is 5. The highest BCUT2D eigenvalue weighted by molar-refractivity contribution is 6.09. The number of imide groups is 1. The van der Waals surface area contributed by atoms with Crippen molar-refractivity contribution in [2.75, 3.05) is 25.1 Å². The van der Waals surface area contributed by atoms with E-state index in [9.17, 15) is 19.2 Å². The molecule has 1 atom stereocenters. The number of hydrogen-bond acceptors (Lipinski definition) is 7. The van der Waals surface area contributed by atoms with Crippen LogP contribution in [-0.2, 0) is 19.1 Å². The number of fused-ring (bicyclic) bond motifs is 1. The molecule has 1 saturated carbocycles. The molecule has 30 heavy (non-hydrogen) atoms. The Morgan fingerprint density at radius 2 is 1.90 bits per heavy atom. The molecule has 1 aliphatic carbocycles. The van der Waals surface area contributed by atoms with E-state index < -0.39 is 42.0 Å². The van der Waals surface area contributed by atoms with Crippen LogP contribution in [0.25, 0.3) is 0 Å². The molecule has 2 N–H and O–H groups in total. The predicted octanol–water partition coefficient (Wildman–Crippen LogP) is 1.19. The van der Waals surface area contributed by atoms with Crippen LogP contribution in [0.5, 0.6) is 11.5 Å². The molecule has 2 fully saturated rings. The van der Waals surface area contributed by atoms with Crippen LogP contribution in [0.1, 0.15) is 32.6 Å². The van der Waals surface area contributed by atoms with Gasteiger partial charge in [-0.15, -0.1) is 0 Å². The summed E-state index contributed by atoms with van der Waals surface area (Å²) < 4.78 is 16.0. The lowest BCUT2D eigenvalue weighted by Crippen LogP contribution is -2.44. The molecule has 10 heteroatoms. The molecule has 1 aromatic carbocycles. The van der Waals surface area contributed by atoms with Crippen LogP contribution >= 0.6 is 0 Å². The number of nitrogens with one attached hydrogen (secondary N) is 2. The predicted molar refractivity (Wildman–Crippen MR) is 103 cm³/mol. The van der Waals surface area contributed by atoms with Crippen molar-refractivity contribution in [3.8, 4) is 11.5 Å². The van der Waals surface area contributed by atoms with Crippen LogP contribution in [-0.4, -0.2) is 60.1 Å². The van der Waals surface area contributed by atoms with Crippen LogP contribution in [0.4, 0.5) is 10.5 Å². The summed E-state index contributed by atoms with van der Waals surface area (Å²) in [6, 6.07) is 4.34. The molecule has 4 amide bonds. The average molecular weight is 417 g/mol. The van der Waals surface area contributed by atoms with Crippen LogP contribution in [0, 0.1) is 0 Å². The molecule has 0 unspecified atom stereocenters. The van der Waals surface area contributed by atoms with Crippen molar-refractivity contribution in [1.82, 2.24) is 10.2 Å². The first-order valence-corrected chi connectivity index (χ1v) is 9.92. The molecule has 2 aliphatic heterocycles. The minimum atomic E-state index is -1.12. The largest absolute Gasteiger partial charge is 0.486 e. The standard InChI is InChI=1S/C20H23N3O7/c1-12(17(25)21-13-4-5-14-15(10-13)29-9-8-28-14)30-16(24)11-23-18(26)20(22-19(23)27)6-2-3-7-20/h4-5,10,12H,2-3,6-9,11H2,1H3,(H,21,25)(H,22,27)/t12-/m0/s1. The number of urea groups is 1. The number of hydrogen-bond donors (Lipinski definition) is 2. The zero-order valence-electron chi connectivity index (χ0n) is 16.6. The minimum Gasteiger partial charge on any atom is -0.486 e.